The molecule has 4 rings (SSSR count). The first-order valence-electron chi connectivity index (χ1n) is 11.7. The lowest BCUT2D eigenvalue weighted by Crippen LogP contribution is -2.28. The van der Waals surface area contributed by atoms with Crippen molar-refractivity contribution in [3.05, 3.63) is 72.3 Å². The number of nitrogens with one attached hydrogen (secondary N) is 1. The van der Waals surface area contributed by atoms with Gasteiger partial charge in [-0.15, -0.1) is 0 Å². The normalized spacial score (nSPS) is 14.7. The molecule has 192 valence electrons. The number of methoxy groups -OCH3 is 2. The molecule has 1 aliphatic heterocycles. The van der Waals surface area contributed by atoms with Gasteiger partial charge in [-0.3, -0.25) is 14.4 Å². The standard InChI is InChI=1S/C28H28N2O7/c1-18-4-8-21(9-5-18)37-22-10-6-20(7-11-22)30-16-19(14-27(30)32)28(33)36-17-26(31)29-24-15-23(34-2)12-13-25(24)35-3/h4-13,15,19H,14,16-17H2,1-3H3,(H,29,31)/t19-/m1/s1. The highest BCUT2D eigenvalue weighted by Gasteiger charge is 2.36. The molecule has 1 N–H and O–H groups in total. The van der Waals surface area contributed by atoms with E-state index in [0.717, 1.165) is 5.56 Å². The van der Waals surface area contributed by atoms with E-state index in [1.165, 1.54) is 19.1 Å². The molecule has 1 atom stereocenters. The maximum atomic E-state index is 12.6. The van der Waals surface area contributed by atoms with Gasteiger partial charge in [0.1, 0.15) is 23.0 Å². The fraction of sp³-hybridized carbons (Fsp3) is 0.250. The van der Waals surface area contributed by atoms with Gasteiger partial charge >= 0.3 is 5.97 Å². The van der Waals surface area contributed by atoms with E-state index >= 15 is 0 Å². The third kappa shape index (κ3) is 6.38. The predicted octanol–water partition coefficient (Wildman–Crippen LogP) is 4.34. The van der Waals surface area contributed by atoms with Crippen LogP contribution < -0.4 is 24.4 Å². The van der Waals surface area contributed by atoms with Gasteiger partial charge in [0, 0.05) is 24.7 Å². The number of hydrogen-bond acceptors (Lipinski definition) is 7. The van der Waals surface area contributed by atoms with E-state index in [1.54, 1.807) is 42.5 Å². The van der Waals surface area contributed by atoms with Gasteiger partial charge in [-0.2, -0.15) is 0 Å². The molecule has 9 nitrogen and oxygen atoms in total. The van der Waals surface area contributed by atoms with Gasteiger partial charge in [0.05, 0.1) is 25.8 Å². The molecule has 0 aromatic heterocycles. The number of carbonyl (C=O) groups is 3. The molecular weight excluding hydrogens is 476 g/mol. The number of amides is 2. The first-order valence-corrected chi connectivity index (χ1v) is 11.7. The molecule has 1 fully saturated rings. The van der Waals surface area contributed by atoms with Crippen molar-refractivity contribution in [3.63, 3.8) is 0 Å². The van der Waals surface area contributed by atoms with Gasteiger partial charge in [0.15, 0.2) is 6.61 Å². The van der Waals surface area contributed by atoms with Gasteiger partial charge in [0.2, 0.25) is 5.91 Å². The van der Waals surface area contributed by atoms with Crippen LogP contribution in [0.4, 0.5) is 11.4 Å². The molecule has 0 bridgehead atoms. The number of anilines is 2. The van der Waals surface area contributed by atoms with Crippen molar-refractivity contribution in [3.8, 4) is 23.0 Å². The Balaban J connectivity index is 1.30. The van der Waals surface area contributed by atoms with E-state index in [0.29, 0.717) is 34.4 Å². The van der Waals surface area contributed by atoms with E-state index in [-0.39, 0.29) is 18.9 Å². The molecular formula is C28H28N2O7. The Morgan fingerprint density at radius 3 is 2.22 bits per heavy atom. The van der Waals surface area contributed by atoms with Crippen LogP contribution in [0.25, 0.3) is 0 Å². The summed E-state index contributed by atoms with van der Waals surface area (Å²) in [6.45, 7) is 1.68. The van der Waals surface area contributed by atoms with Gasteiger partial charge in [-0.05, 0) is 55.5 Å². The zero-order valence-electron chi connectivity index (χ0n) is 20.9. The van der Waals surface area contributed by atoms with Crippen molar-refractivity contribution >= 4 is 29.2 Å². The maximum absolute atomic E-state index is 12.6. The largest absolute Gasteiger partial charge is 0.497 e. The summed E-state index contributed by atoms with van der Waals surface area (Å²) in [6, 6.07) is 19.7. The van der Waals surface area contributed by atoms with E-state index in [9.17, 15) is 14.4 Å². The predicted molar refractivity (Wildman–Crippen MR) is 137 cm³/mol. The van der Waals surface area contributed by atoms with Crippen molar-refractivity contribution in [1.29, 1.82) is 0 Å². The lowest BCUT2D eigenvalue weighted by molar-refractivity contribution is -0.151. The highest BCUT2D eigenvalue weighted by Crippen LogP contribution is 2.30. The Labute approximate surface area is 214 Å². The number of aryl methyl sites for hydroxylation is 1. The number of carbonyl (C=O) groups excluding carboxylic acids is 3. The van der Waals surface area contributed by atoms with Crippen LogP contribution in [0.2, 0.25) is 0 Å². The third-order valence-corrected chi connectivity index (χ3v) is 5.89. The Morgan fingerprint density at radius 1 is 0.919 bits per heavy atom. The van der Waals surface area contributed by atoms with Crippen LogP contribution >= 0.6 is 0 Å². The van der Waals surface area contributed by atoms with Crippen molar-refractivity contribution < 1.29 is 33.3 Å². The summed E-state index contributed by atoms with van der Waals surface area (Å²) in [7, 11) is 2.99. The first kappa shape index (κ1) is 25.6. The average Bonchev–Trinajstić information content (AvgIpc) is 3.30. The summed E-state index contributed by atoms with van der Waals surface area (Å²) in [4.78, 5) is 39.1. The van der Waals surface area contributed by atoms with Gasteiger partial charge in [-0.25, -0.2) is 0 Å². The minimum atomic E-state index is -0.671. The Morgan fingerprint density at radius 2 is 1.57 bits per heavy atom. The number of rotatable bonds is 9. The van der Waals surface area contributed by atoms with Crippen LogP contribution in [0.15, 0.2) is 66.7 Å². The minimum absolute atomic E-state index is 0.00573. The molecule has 1 heterocycles. The highest BCUT2D eigenvalue weighted by atomic mass is 16.5. The molecule has 3 aromatic carbocycles. The number of hydrogen-bond donors (Lipinski definition) is 1. The minimum Gasteiger partial charge on any atom is -0.497 e. The van der Waals surface area contributed by atoms with E-state index in [1.807, 2.05) is 31.2 Å². The van der Waals surface area contributed by atoms with E-state index in [2.05, 4.69) is 5.32 Å². The van der Waals surface area contributed by atoms with Crippen LogP contribution in [0.5, 0.6) is 23.0 Å². The van der Waals surface area contributed by atoms with Gasteiger partial charge < -0.3 is 29.2 Å². The zero-order chi connectivity index (χ0) is 26.4. The summed E-state index contributed by atoms with van der Waals surface area (Å²) < 4.78 is 21.4. The molecule has 9 heteroatoms. The highest BCUT2D eigenvalue weighted by molar-refractivity contribution is 6.00. The number of esters is 1. The summed E-state index contributed by atoms with van der Waals surface area (Å²) in [5.74, 6) is 0.310. The summed E-state index contributed by atoms with van der Waals surface area (Å²) in [6.07, 6.45) is 0.00573. The molecule has 0 spiro atoms. The maximum Gasteiger partial charge on any atom is 0.311 e. The topological polar surface area (TPSA) is 103 Å². The van der Waals surface area contributed by atoms with Crippen LogP contribution in [-0.2, 0) is 19.1 Å². The lowest BCUT2D eigenvalue weighted by Gasteiger charge is -2.17. The Hall–Kier alpha value is -4.53. The third-order valence-electron chi connectivity index (χ3n) is 5.89. The number of benzene rings is 3. The molecule has 1 aliphatic rings. The fourth-order valence-corrected chi connectivity index (χ4v) is 3.90. The Bertz CT molecular complexity index is 1270. The molecule has 1 saturated heterocycles. The quantitative estimate of drug-likeness (QED) is 0.433. The second kappa shape index (κ2) is 11.5. The average molecular weight is 505 g/mol. The summed E-state index contributed by atoms with van der Waals surface area (Å²) in [5.41, 5.74) is 2.18. The SMILES string of the molecule is COc1ccc(OC)c(NC(=O)COC(=O)[C@@H]2CC(=O)N(c3ccc(Oc4ccc(C)cc4)cc3)C2)c1. The lowest BCUT2D eigenvalue weighted by atomic mass is 10.1. The Kier molecular flexibility index (Phi) is 7.92. The first-order chi connectivity index (χ1) is 17.9. The zero-order valence-corrected chi connectivity index (χ0v) is 20.9. The molecule has 3 aromatic rings. The molecule has 0 unspecified atom stereocenters. The number of ether oxygens (including phenoxy) is 4. The summed E-state index contributed by atoms with van der Waals surface area (Å²) in [5, 5.41) is 2.64. The second-order valence-electron chi connectivity index (χ2n) is 8.54. The van der Waals surface area contributed by atoms with Crippen molar-refractivity contribution in [1.82, 2.24) is 0 Å². The van der Waals surface area contributed by atoms with Crippen LogP contribution in [-0.4, -0.2) is 45.2 Å². The molecule has 2 amide bonds. The van der Waals surface area contributed by atoms with Crippen LogP contribution in [0.1, 0.15) is 12.0 Å². The molecule has 0 radical (unpaired) electrons. The van der Waals surface area contributed by atoms with Crippen molar-refractivity contribution in [2.45, 2.75) is 13.3 Å². The summed E-state index contributed by atoms with van der Waals surface area (Å²) >= 11 is 0. The second-order valence-corrected chi connectivity index (χ2v) is 8.54. The van der Waals surface area contributed by atoms with Crippen molar-refractivity contribution in [2.24, 2.45) is 5.92 Å². The molecule has 0 saturated carbocycles. The number of nitrogens with zero attached hydrogens (tertiary/aromatic N) is 1. The van der Waals surface area contributed by atoms with Crippen LogP contribution in [0.3, 0.4) is 0 Å². The molecule has 37 heavy (non-hydrogen) atoms. The monoisotopic (exact) mass is 504 g/mol. The molecule has 0 aliphatic carbocycles. The van der Waals surface area contributed by atoms with Gasteiger partial charge in [-0.1, -0.05) is 17.7 Å². The van der Waals surface area contributed by atoms with Gasteiger partial charge in [0.25, 0.3) is 5.91 Å². The smallest absolute Gasteiger partial charge is 0.311 e. The van der Waals surface area contributed by atoms with Crippen molar-refractivity contribution in [2.75, 3.05) is 37.6 Å². The van der Waals surface area contributed by atoms with Crippen LogP contribution in [0, 0.1) is 12.8 Å². The fourth-order valence-electron chi connectivity index (χ4n) is 3.90. The van der Waals surface area contributed by atoms with E-state index < -0.39 is 24.4 Å². The van der Waals surface area contributed by atoms with E-state index in [4.69, 9.17) is 18.9 Å².